The summed E-state index contributed by atoms with van der Waals surface area (Å²) in [6.45, 7) is 6.46. The summed E-state index contributed by atoms with van der Waals surface area (Å²) in [7, 11) is 0. The first-order valence-electron chi connectivity index (χ1n) is 8.52. The first-order valence-corrected chi connectivity index (χ1v) is 8.52. The highest BCUT2D eigenvalue weighted by molar-refractivity contribution is 4.94. The number of hydrogen-bond donors (Lipinski definition) is 1. The van der Waals surface area contributed by atoms with Crippen molar-refractivity contribution < 1.29 is 9.47 Å². The van der Waals surface area contributed by atoms with Gasteiger partial charge in [0.25, 0.3) is 0 Å². The van der Waals surface area contributed by atoms with E-state index >= 15 is 0 Å². The molecule has 0 aromatic rings. The average molecular weight is 280 g/mol. The molecular weight excluding hydrogens is 252 g/mol. The molecule has 4 aliphatic rings. The van der Waals surface area contributed by atoms with Gasteiger partial charge in [0.05, 0.1) is 12.2 Å². The summed E-state index contributed by atoms with van der Waals surface area (Å²) in [6.07, 6.45) is 7.68. The minimum absolute atomic E-state index is 0.0473. The van der Waals surface area contributed by atoms with Crippen LogP contribution in [0, 0.1) is 5.92 Å². The van der Waals surface area contributed by atoms with Gasteiger partial charge in [0.2, 0.25) is 0 Å². The summed E-state index contributed by atoms with van der Waals surface area (Å²) in [6, 6.07) is 1.59. The van der Waals surface area contributed by atoms with Gasteiger partial charge in [-0.05, 0) is 51.1 Å². The van der Waals surface area contributed by atoms with Crippen molar-refractivity contribution >= 4 is 0 Å². The fourth-order valence-corrected chi connectivity index (χ4v) is 4.20. The van der Waals surface area contributed by atoms with Gasteiger partial charge in [-0.1, -0.05) is 0 Å². The Hall–Kier alpha value is -0.160. The molecule has 114 valence electrons. The van der Waals surface area contributed by atoms with Gasteiger partial charge in [0, 0.05) is 38.3 Å². The van der Waals surface area contributed by atoms with Crippen molar-refractivity contribution in [2.24, 2.45) is 5.92 Å². The molecule has 0 bridgehead atoms. The highest BCUT2D eigenvalue weighted by atomic mass is 16.6. The summed E-state index contributed by atoms with van der Waals surface area (Å²) in [5, 5.41) is 3.83. The molecule has 3 heterocycles. The van der Waals surface area contributed by atoms with Crippen molar-refractivity contribution in [2.45, 2.75) is 56.2 Å². The summed E-state index contributed by atoms with van der Waals surface area (Å²) >= 11 is 0. The van der Waals surface area contributed by atoms with Gasteiger partial charge < -0.3 is 19.7 Å². The maximum absolute atomic E-state index is 6.01. The monoisotopic (exact) mass is 280 g/mol. The van der Waals surface area contributed by atoms with Crippen molar-refractivity contribution in [3.8, 4) is 0 Å². The van der Waals surface area contributed by atoms with E-state index in [0.29, 0.717) is 6.04 Å². The largest absolute Gasteiger partial charge is 0.378 e. The van der Waals surface area contributed by atoms with E-state index in [1.807, 2.05) is 0 Å². The third-order valence-corrected chi connectivity index (χ3v) is 5.64. The van der Waals surface area contributed by atoms with Gasteiger partial charge in [-0.2, -0.15) is 0 Å². The molecule has 4 rings (SSSR count). The summed E-state index contributed by atoms with van der Waals surface area (Å²) in [5.41, 5.74) is 0.0473. The van der Waals surface area contributed by atoms with Gasteiger partial charge in [-0.15, -0.1) is 0 Å². The molecular formula is C16H28N2O2. The highest BCUT2D eigenvalue weighted by Crippen LogP contribution is 2.34. The molecule has 1 spiro atoms. The number of hydrogen-bond acceptors (Lipinski definition) is 4. The molecule has 0 radical (unpaired) electrons. The smallest absolute Gasteiger partial charge is 0.0951 e. The Kier molecular flexibility index (Phi) is 3.75. The second kappa shape index (κ2) is 5.56. The third-order valence-electron chi connectivity index (χ3n) is 5.64. The zero-order chi connectivity index (χ0) is 13.4. The number of ether oxygens (including phenoxy) is 2. The number of nitrogens with zero attached hydrogens (tertiary/aromatic N) is 1. The van der Waals surface area contributed by atoms with Crippen LogP contribution in [0.3, 0.4) is 0 Å². The lowest BCUT2D eigenvalue weighted by molar-refractivity contribution is -0.0895. The second-order valence-electron chi connectivity index (χ2n) is 7.31. The van der Waals surface area contributed by atoms with Crippen molar-refractivity contribution in [1.82, 2.24) is 10.2 Å². The number of likely N-dealkylation sites (tertiary alicyclic amines) is 1. The molecule has 1 aliphatic carbocycles. The molecule has 4 heteroatoms. The van der Waals surface area contributed by atoms with Crippen LogP contribution in [0.5, 0.6) is 0 Å². The van der Waals surface area contributed by atoms with Gasteiger partial charge in [-0.3, -0.25) is 0 Å². The van der Waals surface area contributed by atoms with Crippen molar-refractivity contribution in [1.29, 1.82) is 0 Å². The van der Waals surface area contributed by atoms with Gasteiger partial charge in [0.15, 0.2) is 0 Å². The fraction of sp³-hybridized carbons (Fsp3) is 1.00. The first kappa shape index (κ1) is 13.5. The van der Waals surface area contributed by atoms with Crippen LogP contribution in [0.15, 0.2) is 0 Å². The lowest BCUT2D eigenvalue weighted by Crippen LogP contribution is -2.48. The molecule has 1 N–H and O–H groups in total. The van der Waals surface area contributed by atoms with E-state index in [-0.39, 0.29) is 5.60 Å². The molecule has 0 amide bonds. The molecule has 4 nitrogen and oxygen atoms in total. The zero-order valence-electron chi connectivity index (χ0n) is 12.5. The van der Waals surface area contributed by atoms with Crippen LogP contribution in [-0.2, 0) is 9.47 Å². The molecule has 3 atom stereocenters. The number of nitrogens with one attached hydrogen (secondary N) is 1. The molecule has 4 fully saturated rings. The zero-order valence-corrected chi connectivity index (χ0v) is 12.5. The van der Waals surface area contributed by atoms with Crippen LogP contribution in [0.4, 0.5) is 0 Å². The van der Waals surface area contributed by atoms with Crippen LogP contribution in [-0.4, -0.2) is 62.0 Å². The topological polar surface area (TPSA) is 33.7 Å². The molecule has 0 aromatic carbocycles. The predicted octanol–water partition coefficient (Wildman–Crippen LogP) is 1.40. The van der Waals surface area contributed by atoms with E-state index in [4.69, 9.17) is 9.47 Å². The maximum atomic E-state index is 6.01. The van der Waals surface area contributed by atoms with Crippen LogP contribution < -0.4 is 5.32 Å². The molecule has 1 saturated carbocycles. The summed E-state index contributed by atoms with van der Waals surface area (Å²) in [4.78, 5) is 2.71. The fourth-order valence-electron chi connectivity index (χ4n) is 4.20. The Balaban J connectivity index is 1.23. The normalized spacial score (nSPS) is 42.6. The lowest BCUT2D eigenvalue weighted by Gasteiger charge is -2.37. The quantitative estimate of drug-likeness (QED) is 0.844. The van der Waals surface area contributed by atoms with E-state index in [0.717, 1.165) is 44.6 Å². The molecule has 20 heavy (non-hydrogen) atoms. The Labute approximate surface area is 122 Å². The summed E-state index contributed by atoms with van der Waals surface area (Å²) < 4.78 is 11.6. The van der Waals surface area contributed by atoms with Crippen LogP contribution in [0.1, 0.15) is 38.5 Å². The summed E-state index contributed by atoms with van der Waals surface area (Å²) in [5.74, 6) is 0.870. The SMILES string of the molecule is C1CC2(CO1)CC(NCC1CCN(C3CC3)C1)CCO2. The maximum Gasteiger partial charge on any atom is 0.0951 e. The van der Waals surface area contributed by atoms with E-state index in [9.17, 15) is 0 Å². The Morgan fingerprint density at radius 2 is 2.10 bits per heavy atom. The van der Waals surface area contributed by atoms with E-state index < -0.39 is 0 Å². The van der Waals surface area contributed by atoms with Crippen molar-refractivity contribution in [3.63, 3.8) is 0 Å². The Bertz CT molecular complexity index is 339. The minimum atomic E-state index is 0.0473. The predicted molar refractivity (Wildman–Crippen MR) is 77.8 cm³/mol. The van der Waals surface area contributed by atoms with Crippen molar-refractivity contribution in [2.75, 3.05) is 39.5 Å². The molecule has 0 aromatic heterocycles. The first-order chi connectivity index (χ1) is 9.83. The lowest BCUT2D eigenvalue weighted by atomic mass is 9.89. The van der Waals surface area contributed by atoms with E-state index in [1.54, 1.807) is 0 Å². The Morgan fingerprint density at radius 3 is 2.90 bits per heavy atom. The van der Waals surface area contributed by atoms with Gasteiger partial charge in [-0.25, -0.2) is 0 Å². The van der Waals surface area contributed by atoms with Crippen molar-refractivity contribution in [3.05, 3.63) is 0 Å². The molecule has 3 aliphatic heterocycles. The third kappa shape index (κ3) is 2.89. The van der Waals surface area contributed by atoms with E-state index in [2.05, 4.69) is 10.2 Å². The minimum Gasteiger partial charge on any atom is -0.378 e. The molecule has 3 saturated heterocycles. The average Bonchev–Trinajstić information content (AvgIpc) is 3.05. The molecule has 3 unspecified atom stereocenters. The number of rotatable bonds is 4. The second-order valence-corrected chi connectivity index (χ2v) is 7.31. The van der Waals surface area contributed by atoms with Gasteiger partial charge >= 0.3 is 0 Å². The van der Waals surface area contributed by atoms with Crippen LogP contribution >= 0.6 is 0 Å². The Morgan fingerprint density at radius 1 is 1.15 bits per heavy atom. The van der Waals surface area contributed by atoms with E-state index in [1.165, 1.54) is 45.3 Å². The highest BCUT2D eigenvalue weighted by Gasteiger charge is 2.41. The van der Waals surface area contributed by atoms with Crippen LogP contribution in [0.25, 0.3) is 0 Å². The standard InChI is InChI=1S/C16H28N2O2/c1-2-15(1)18-6-3-13(11-18)10-17-14-4-7-20-16(9-14)5-8-19-12-16/h13-15,17H,1-12H2. The van der Waals surface area contributed by atoms with Gasteiger partial charge in [0.1, 0.15) is 0 Å². The van der Waals surface area contributed by atoms with Crippen LogP contribution in [0.2, 0.25) is 0 Å².